The van der Waals surface area contributed by atoms with Crippen LogP contribution >= 0.6 is 11.3 Å². The third-order valence-corrected chi connectivity index (χ3v) is 7.71. The summed E-state index contributed by atoms with van der Waals surface area (Å²) in [6.45, 7) is 5.69. The molecule has 1 aromatic heterocycles. The van der Waals surface area contributed by atoms with Crippen molar-refractivity contribution in [2.75, 3.05) is 13.3 Å². The van der Waals surface area contributed by atoms with Crippen LogP contribution in [0.4, 0.5) is 0 Å². The molecule has 8 heteroatoms. The molecule has 0 aliphatic carbocycles. The van der Waals surface area contributed by atoms with Crippen LogP contribution in [-0.4, -0.2) is 29.1 Å². The van der Waals surface area contributed by atoms with Crippen LogP contribution in [0.15, 0.2) is 78.2 Å². The molecule has 1 aliphatic rings. The zero-order valence-electron chi connectivity index (χ0n) is 23.5. The maximum Gasteiger partial charge on any atom is 0.270 e. The van der Waals surface area contributed by atoms with E-state index in [4.69, 9.17) is 14.2 Å². The molecule has 1 amide bonds. The van der Waals surface area contributed by atoms with Crippen molar-refractivity contribution >= 4 is 17.2 Å². The third-order valence-electron chi connectivity index (χ3n) is 6.88. The number of unbranched alkanes of at least 4 members (excludes halogenated alkanes) is 3. The number of nitrogens with one attached hydrogen (secondary N) is 1. The van der Waals surface area contributed by atoms with Crippen LogP contribution in [0.25, 0.3) is 0 Å². The maximum absolute atomic E-state index is 12.6. The highest BCUT2D eigenvalue weighted by Gasteiger charge is 2.17. The number of fused-ring (bicyclic) bond motifs is 1. The summed E-state index contributed by atoms with van der Waals surface area (Å²) < 4.78 is 17.1. The fraction of sp³-hybridized carbons (Fsp3) is 0.333. The Kier molecular flexibility index (Phi) is 10.2. The number of ether oxygens (including phenoxy) is 3. The molecule has 0 radical (unpaired) electrons. The molecule has 41 heavy (non-hydrogen) atoms. The SMILES string of the molecule is CCCCCCNC(=O)c1csc(CN(Cc2ccc(OCc3ccccc3)cc2)Cc2ccc3c(c2)OCO3)n1. The molecule has 2 heterocycles. The molecule has 214 valence electrons. The zero-order valence-corrected chi connectivity index (χ0v) is 24.3. The summed E-state index contributed by atoms with van der Waals surface area (Å²) in [7, 11) is 0. The number of nitrogens with zero attached hydrogens (tertiary/aromatic N) is 2. The van der Waals surface area contributed by atoms with Crippen molar-refractivity contribution in [3.8, 4) is 17.2 Å². The number of amides is 1. The third kappa shape index (κ3) is 8.55. The first-order valence-electron chi connectivity index (χ1n) is 14.3. The molecule has 1 aliphatic heterocycles. The Hall–Kier alpha value is -3.88. The number of thiazole rings is 1. The predicted molar refractivity (Wildman–Crippen MR) is 161 cm³/mol. The van der Waals surface area contributed by atoms with Gasteiger partial charge in [0, 0.05) is 25.0 Å². The normalized spacial score (nSPS) is 12.0. The van der Waals surface area contributed by atoms with Crippen LogP contribution < -0.4 is 19.5 Å². The van der Waals surface area contributed by atoms with Gasteiger partial charge in [-0.3, -0.25) is 9.69 Å². The van der Waals surface area contributed by atoms with E-state index in [9.17, 15) is 4.79 Å². The molecule has 0 unspecified atom stereocenters. The Morgan fingerprint density at radius 1 is 0.902 bits per heavy atom. The highest BCUT2D eigenvalue weighted by molar-refractivity contribution is 7.09. The largest absolute Gasteiger partial charge is 0.489 e. The Bertz CT molecular complexity index is 1390. The smallest absolute Gasteiger partial charge is 0.270 e. The van der Waals surface area contributed by atoms with Crippen molar-refractivity contribution in [3.63, 3.8) is 0 Å². The Morgan fingerprint density at radius 2 is 1.68 bits per heavy atom. The molecule has 5 rings (SSSR count). The highest BCUT2D eigenvalue weighted by atomic mass is 32.1. The van der Waals surface area contributed by atoms with Crippen LogP contribution in [0.3, 0.4) is 0 Å². The van der Waals surface area contributed by atoms with Crippen molar-refractivity contribution in [2.45, 2.75) is 58.8 Å². The van der Waals surface area contributed by atoms with Gasteiger partial charge in [0.2, 0.25) is 6.79 Å². The molecule has 0 saturated carbocycles. The summed E-state index contributed by atoms with van der Waals surface area (Å²) in [5, 5.41) is 5.77. The Labute approximate surface area is 246 Å². The maximum atomic E-state index is 12.6. The molecule has 0 saturated heterocycles. The first-order chi connectivity index (χ1) is 20.2. The van der Waals surface area contributed by atoms with E-state index in [0.29, 0.717) is 38.5 Å². The van der Waals surface area contributed by atoms with Crippen molar-refractivity contribution in [1.29, 1.82) is 0 Å². The highest BCUT2D eigenvalue weighted by Crippen LogP contribution is 2.33. The van der Waals surface area contributed by atoms with Gasteiger partial charge in [0.05, 0.1) is 6.54 Å². The summed E-state index contributed by atoms with van der Waals surface area (Å²) in [6, 6.07) is 24.5. The lowest BCUT2D eigenvalue weighted by Crippen LogP contribution is -2.25. The molecule has 3 aromatic carbocycles. The number of carbonyl (C=O) groups is 1. The van der Waals surface area contributed by atoms with Crippen molar-refractivity contribution in [1.82, 2.24) is 15.2 Å². The predicted octanol–water partition coefficient (Wildman–Crippen LogP) is 6.96. The first kappa shape index (κ1) is 28.6. The minimum absolute atomic E-state index is 0.0996. The van der Waals surface area contributed by atoms with Crippen LogP contribution in [0.5, 0.6) is 17.2 Å². The van der Waals surface area contributed by atoms with Gasteiger partial charge in [-0.2, -0.15) is 0 Å². The molecule has 0 spiro atoms. The molecule has 4 aromatic rings. The van der Waals surface area contributed by atoms with Gasteiger partial charge in [-0.25, -0.2) is 4.98 Å². The van der Waals surface area contributed by atoms with Crippen molar-refractivity contribution in [3.05, 3.63) is 106 Å². The summed E-state index contributed by atoms with van der Waals surface area (Å²) >= 11 is 1.52. The van der Waals surface area contributed by atoms with Gasteiger partial charge < -0.3 is 19.5 Å². The number of benzene rings is 3. The quantitative estimate of drug-likeness (QED) is 0.156. The van der Waals surface area contributed by atoms with Crippen LogP contribution in [0, 0.1) is 0 Å². The summed E-state index contributed by atoms with van der Waals surface area (Å²) in [6.07, 6.45) is 4.50. The monoisotopic (exact) mass is 571 g/mol. The number of rotatable bonds is 15. The summed E-state index contributed by atoms with van der Waals surface area (Å²) in [5.74, 6) is 2.29. The number of hydrogen-bond acceptors (Lipinski definition) is 7. The lowest BCUT2D eigenvalue weighted by atomic mass is 10.1. The molecular weight excluding hydrogens is 534 g/mol. The van der Waals surface area contributed by atoms with E-state index >= 15 is 0 Å². The second-order valence-electron chi connectivity index (χ2n) is 10.2. The van der Waals surface area contributed by atoms with Crippen molar-refractivity contribution in [2.24, 2.45) is 0 Å². The van der Waals surface area contributed by atoms with Gasteiger partial charge in [0.15, 0.2) is 11.5 Å². The van der Waals surface area contributed by atoms with Gasteiger partial charge in [-0.15, -0.1) is 11.3 Å². The second kappa shape index (κ2) is 14.7. The zero-order chi connectivity index (χ0) is 28.3. The fourth-order valence-electron chi connectivity index (χ4n) is 4.68. The lowest BCUT2D eigenvalue weighted by Gasteiger charge is -2.22. The van der Waals surface area contributed by atoms with E-state index < -0.39 is 0 Å². The van der Waals surface area contributed by atoms with Gasteiger partial charge in [0.1, 0.15) is 23.1 Å². The average Bonchev–Trinajstić information content (AvgIpc) is 3.67. The first-order valence-corrected chi connectivity index (χ1v) is 15.1. The molecule has 0 atom stereocenters. The summed E-state index contributed by atoms with van der Waals surface area (Å²) in [5.41, 5.74) is 3.92. The van der Waals surface area contributed by atoms with Gasteiger partial charge in [0.25, 0.3) is 5.91 Å². The van der Waals surface area contributed by atoms with E-state index in [0.717, 1.165) is 46.2 Å². The van der Waals surface area contributed by atoms with E-state index in [1.165, 1.54) is 29.7 Å². The lowest BCUT2D eigenvalue weighted by molar-refractivity contribution is 0.0948. The second-order valence-corrected chi connectivity index (χ2v) is 11.1. The molecule has 7 nitrogen and oxygen atoms in total. The van der Waals surface area contributed by atoms with Gasteiger partial charge in [-0.1, -0.05) is 74.7 Å². The molecule has 0 bridgehead atoms. The number of aromatic nitrogens is 1. The minimum Gasteiger partial charge on any atom is -0.489 e. The Balaban J connectivity index is 1.23. The molecule has 1 N–H and O–H groups in total. The average molecular weight is 572 g/mol. The molecule has 0 fully saturated rings. The Morgan fingerprint density at radius 3 is 2.51 bits per heavy atom. The van der Waals surface area contributed by atoms with E-state index in [2.05, 4.69) is 52.5 Å². The fourth-order valence-corrected chi connectivity index (χ4v) is 5.49. The van der Waals surface area contributed by atoms with E-state index in [-0.39, 0.29) is 12.7 Å². The van der Waals surface area contributed by atoms with Crippen molar-refractivity contribution < 1.29 is 19.0 Å². The van der Waals surface area contributed by atoms with Gasteiger partial charge >= 0.3 is 0 Å². The van der Waals surface area contributed by atoms with Crippen LogP contribution in [0.2, 0.25) is 0 Å². The van der Waals surface area contributed by atoms with E-state index in [1.807, 2.05) is 47.8 Å². The minimum atomic E-state index is -0.0996. The standard InChI is InChI=1S/C33H37N3O4S/c1-2-3-4-8-17-34-33(37)29-23-41-32(35-29)21-36(20-27-13-16-30-31(18-27)40-24-39-30)19-25-11-14-28(15-12-25)38-22-26-9-6-5-7-10-26/h5-7,9-16,18,23H,2-4,8,17,19-22,24H2,1H3,(H,34,37). The van der Waals surface area contributed by atoms with E-state index in [1.54, 1.807) is 0 Å². The number of carbonyl (C=O) groups excluding carboxylic acids is 1. The topological polar surface area (TPSA) is 72.9 Å². The van der Waals surface area contributed by atoms with Crippen LogP contribution in [0.1, 0.15) is 64.8 Å². The summed E-state index contributed by atoms with van der Waals surface area (Å²) in [4.78, 5) is 19.6. The number of hydrogen-bond donors (Lipinski definition) is 1. The molecular formula is C33H37N3O4S. The van der Waals surface area contributed by atoms with Gasteiger partial charge in [-0.05, 0) is 47.4 Å². The van der Waals surface area contributed by atoms with Crippen LogP contribution in [-0.2, 0) is 26.2 Å².